The van der Waals surface area contributed by atoms with Crippen molar-refractivity contribution < 1.29 is 9.18 Å². The lowest BCUT2D eigenvalue weighted by molar-refractivity contribution is 0.102. The van der Waals surface area contributed by atoms with Crippen LogP contribution in [0.2, 0.25) is 0 Å². The van der Waals surface area contributed by atoms with Crippen molar-refractivity contribution in [2.24, 2.45) is 0 Å². The van der Waals surface area contributed by atoms with Crippen LogP contribution in [-0.4, -0.2) is 25.7 Å². The van der Waals surface area contributed by atoms with E-state index < -0.39 is 0 Å². The van der Waals surface area contributed by atoms with Crippen molar-refractivity contribution in [3.63, 3.8) is 0 Å². The molecule has 0 radical (unpaired) electrons. The number of H-pyrrole nitrogens is 1. The van der Waals surface area contributed by atoms with Crippen molar-refractivity contribution in [3.05, 3.63) is 89.8 Å². The van der Waals surface area contributed by atoms with Crippen molar-refractivity contribution >= 4 is 11.7 Å². The highest BCUT2D eigenvalue weighted by Gasteiger charge is 2.18. The van der Waals surface area contributed by atoms with E-state index in [2.05, 4.69) is 27.4 Å². The molecule has 2 heterocycles. The van der Waals surface area contributed by atoms with E-state index in [1.165, 1.54) is 12.1 Å². The number of nitrogens with one attached hydrogen (secondary N) is 2. The largest absolute Gasteiger partial charge is 0.312 e. The van der Waals surface area contributed by atoms with Gasteiger partial charge in [0, 0.05) is 11.3 Å². The molecule has 0 unspecified atom stereocenters. The van der Waals surface area contributed by atoms with E-state index in [9.17, 15) is 9.18 Å². The van der Waals surface area contributed by atoms with Crippen LogP contribution < -0.4 is 5.32 Å². The Morgan fingerprint density at radius 2 is 1.90 bits per heavy atom. The quantitative estimate of drug-likeness (QED) is 0.471. The van der Waals surface area contributed by atoms with E-state index in [1.807, 2.05) is 34.9 Å². The standard InChI is InChI=1S/C23H22FN5O/c1-2-6-19-13-20(28-27-19)23(30)26-22-21(17-9-11-18(24)12-10-17)25-15-29(22)14-16-7-4-3-5-8-16/h3-5,7-13,15H,2,6,14H2,1H3,(H,26,30)(H,27,28). The Morgan fingerprint density at radius 3 is 2.63 bits per heavy atom. The minimum Gasteiger partial charge on any atom is -0.312 e. The number of aromatic amines is 1. The Kier molecular flexibility index (Phi) is 5.70. The van der Waals surface area contributed by atoms with Crippen molar-refractivity contribution in [1.29, 1.82) is 0 Å². The number of aromatic nitrogens is 4. The number of amides is 1. The van der Waals surface area contributed by atoms with Crippen LogP contribution in [0.25, 0.3) is 11.3 Å². The molecule has 0 saturated carbocycles. The van der Waals surface area contributed by atoms with Gasteiger partial charge in [0.1, 0.15) is 17.3 Å². The molecule has 30 heavy (non-hydrogen) atoms. The number of hydrogen-bond donors (Lipinski definition) is 2. The zero-order valence-corrected chi connectivity index (χ0v) is 16.6. The van der Waals surface area contributed by atoms with Gasteiger partial charge in [-0.25, -0.2) is 9.37 Å². The predicted molar refractivity (Wildman–Crippen MR) is 114 cm³/mol. The average Bonchev–Trinajstić information content (AvgIpc) is 3.38. The first-order valence-electron chi connectivity index (χ1n) is 9.84. The van der Waals surface area contributed by atoms with Gasteiger partial charge in [-0.15, -0.1) is 0 Å². The topological polar surface area (TPSA) is 75.6 Å². The maximum absolute atomic E-state index is 13.4. The molecule has 0 spiro atoms. The number of hydrogen-bond acceptors (Lipinski definition) is 3. The number of rotatable bonds is 7. The molecule has 6 nitrogen and oxygen atoms in total. The first-order chi connectivity index (χ1) is 14.6. The fraction of sp³-hybridized carbons (Fsp3) is 0.174. The molecule has 1 amide bonds. The maximum atomic E-state index is 13.4. The molecule has 4 rings (SSSR count). The summed E-state index contributed by atoms with van der Waals surface area (Å²) in [5.41, 5.74) is 3.59. The van der Waals surface area contributed by atoms with E-state index in [-0.39, 0.29) is 11.7 Å². The summed E-state index contributed by atoms with van der Waals surface area (Å²) in [6, 6.07) is 17.7. The highest BCUT2D eigenvalue weighted by Crippen LogP contribution is 2.28. The van der Waals surface area contributed by atoms with Gasteiger partial charge in [0.05, 0.1) is 12.9 Å². The number of imidazole rings is 1. The number of carbonyl (C=O) groups excluding carboxylic acids is 1. The van der Waals surface area contributed by atoms with Crippen LogP contribution in [-0.2, 0) is 13.0 Å². The Morgan fingerprint density at radius 1 is 1.13 bits per heavy atom. The molecule has 2 N–H and O–H groups in total. The highest BCUT2D eigenvalue weighted by molar-refractivity contribution is 6.04. The van der Waals surface area contributed by atoms with Crippen LogP contribution in [0.15, 0.2) is 67.0 Å². The molecule has 7 heteroatoms. The lowest BCUT2D eigenvalue weighted by Crippen LogP contribution is -2.16. The second-order valence-electron chi connectivity index (χ2n) is 7.04. The van der Waals surface area contributed by atoms with Crippen LogP contribution in [0, 0.1) is 5.82 Å². The molecule has 2 aromatic heterocycles. The molecule has 0 bridgehead atoms. The molecule has 152 valence electrons. The van der Waals surface area contributed by atoms with Gasteiger partial charge in [-0.05, 0) is 42.3 Å². The molecule has 0 atom stereocenters. The summed E-state index contributed by atoms with van der Waals surface area (Å²) >= 11 is 0. The zero-order chi connectivity index (χ0) is 20.9. The minimum atomic E-state index is -0.327. The van der Waals surface area contributed by atoms with Gasteiger partial charge >= 0.3 is 0 Å². The molecule has 0 aliphatic heterocycles. The summed E-state index contributed by atoms with van der Waals surface area (Å²) < 4.78 is 15.3. The van der Waals surface area contributed by atoms with E-state index >= 15 is 0 Å². The SMILES string of the molecule is CCCc1cc(C(=O)Nc2c(-c3ccc(F)cc3)ncn2Cc2ccccc2)n[nH]1. The molecule has 0 fully saturated rings. The Hall–Kier alpha value is -3.74. The number of nitrogens with zero attached hydrogens (tertiary/aromatic N) is 3. The Bertz CT molecular complexity index is 1130. The minimum absolute atomic E-state index is 0.316. The summed E-state index contributed by atoms with van der Waals surface area (Å²) in [6.45, 7) is 2.60. The third kappa shape index (κ3) is 4.30. The lowest BCUT2D eigenvalue weighted by atomic mass is 10.1. The Labute approximate surface area is 173 Å². The van der Waals surface area contributed by atoms with Crippen LogP contribution in [0.4, 0.5) is 10.2 Å². The summed E-state index contributed by atoms with van der Waals surface area (Å²) in [4.78, 5) is 17.4. The van der Waals surface area contributed by atoms with Gasteiger partial charge in [0.2, 0.25) is 0 Å². The van der Waals surface area contributed by atoms with Gasteiger partial charge in [-0.3, -0.25) is 9.89 Å². The summed E-state index contributed by atoms with van der Waals surface area (Å²) in [6.07, 6.45) is 3.46. The molecular formula is C23H22FN5O. The summed E-state index contributed by atoms with van der Waals surface area (Å²) in [5, 5.41) is 9.98. The average molecular weight is 403 g/mol. The molecular weight excluding hydrogens is 381 g/mol. The number of benzene rings is 2. The monoisotopic (exact) mass is 403 g/mol. The fourth-order valence-corrected chi connectivity index (χ4v) is 3.28. The third-order valence-electron chi connectivity index (χ3n) is 4.77. The number of anilines is 1. The van der Waals surface area contributed by atoms with Crippen molar-refractivity contribution in [3.8, 4) is 11.3 Å². The molecule has 0 saturated heterocycles. The smallest absolute Gasteiger partial charge is 0.277 e. The molecule has 0 aliphatic carbocycles. The molecule has 0 aliphatic rings. The predicted octanol–water partition coefficient (Wildman–Crippen LogP) is 4.67. The first kappa shape index (κ1) is 19.6. The summed E-state index contributed by atoms with van der Waals surface area (Å²) in [7, 11) is 0. The number of aryl methyl sites for hydroxylation is 1. The zero-order valence-electron chi connectivity index (χ0n) is 16.6. The Balaban J connectivity index is 1.67. The van der Waals surface area contributed by atoms with Gasteiger partial charge < -0.3 is 9.88 Å². The van der Waals surface area contributed by atoms with E-state index in [0.717, 1.165) is 24.1 Å². The third-order valence-corrected chi connectivity index (χ3v) is 4.77. The normalized spacial score (nSPS) is 10.9. The van der Waals surface area contributed by atoms with Crippen LogP contribution in [0.3, 0.4) is 0 Å². The van der Waals surface area contributed by atoms with Gasteiger partial charge in [0.15, 0.2) is 5.69 Å². The highest BCUT2D eigenvalue weighted by atomic mass is 19.1. The fourth-order valence-electron chi connectivity index (χ4n) is 3.28. The van der Waals surface area contributed by atoms with Crippen LogP contribution >= 0.6 is 0 Å². The van der Waals surface area contributed by atoms with Gasteiger partial charge in [-0.2, -0.15) is 5.10 Å². The van der Waals surface area contributed by atoms with Gasteiger partial charge in [-0.1, -0.05) is 43.7 Å². The maximum Gasteiger partial charge on any atom is 0.277 e. The molecule has 4 aromatic rings. The number of carbonyl (C=O) groups is 1. The molecule has 2 aromatic carbocycles. The van der Waals surface area contributed by atoms with Crippen molar-refractivity contribution in [2.45, 2.75) is 26.3 Å². The van der Waals surface area contributed by atoms with E-state index in [0.29, 0.717) is 29.3 Å². The second kappa shape index (κ2) is 8.73. The van der Waals surface area contributed by atoms with Crippen molar-refractivity contribution in [1.82, 2.24) is 19.7 Å². The van der Waals surface area contributed by atoms with Crippen molar-refractivity contribution in [2.75, 3.05) is 5.32 Å². The first-order valence-corrected chi connectivity index (χ1v) is 9.84. The van der Waals surface area contributed by atoms with Gasteiger partial charge in [0.25, 0.3) is 5.91 Å². The van der Waals surface area contributed by atoms with E-state index in [1.54, 1.807) is 24.5 Å². The van der Waals surface area contributed by atoms with Crippen LogP contribution in [0.1, 0.15) is 35.1 Å². The summed E-state index contributed by atoms with van der Waals surface area (Å²) in [5.74, 6) is -0.115. The lowest BCUT2D eigenvalue weighted by Gasteiger charge is -2.11. The second-order valence-corrected chi connectivity index (χ2v) is 7.04. The van der Waals surface area contributed by atoms with Crippen LogP contribution in [0.5, 0.6) is 0 Å². The van der Waals surface area contributed by atoms with E-state index in [4.69, 9.17) is 0 Å². The number of halogens is 1.